The predicted octanol–water partition coefficient (Wildman–Crippen LogP) is 1.71. The van der Waals surface area contributed by atoms with Gasteiger partial charge in [-0.2, -0.15) is 0 Å². The topological polar surface area (TPSA) is 114 Å². The van der Waals surface area contributed by atoms with Crippen molar-refractivity contribution in [2.45, 2.75) is 32.9 Å². The number of ether oxygens (including phenoxy) is 2. The van der Waals surface area contributed by atoms with Gasteiger partial charge >= 0.3 is 12.0 Å². The molecular weight excluding hydrogens is 388 g/mol. The Morgan fingerprint density at radius 1 is 1.20 bits per heavy atom. The number of esters is 1. The molecule has 0 bridgehead atoms. The molecule has 1 aromatic heterocycles. The van der Waals surface area contributed by atoms with Crippen LogP contribution < -0.4 is 15.6 Å². The number of H-pyrrole nitrogens is 1. The number of benzene rings is 1. The number of amides is 2. The Balaban J connectivity index is 1.82. The maximum atomic E-state index is 12.7. The van der Waals surface area contributed by atoms with Crippen LogP contribution in [-0.2, 0) is 22.5 Å². The Kier molecular flexibility index (Phi) is 6.39. The third kappa shape index (κ3) is 4.45. The van der Waals surface area contributed by atoms with Crippen molar-refractivity contribution in [1.29, 1.82) is 0 Å². The zero-order valence-electron chi connectivity index (χ0n) is 17.5. The van der Waals surface area contributed by atoms with E-state index >= 15 is 0 Å². The molecule has 2 amide bonds. The molecule has 1 aromatic carbocycles. The summed E-state index contributed by atoms with van der Waals surface area (Å²) in [7, 11) is 2.87. The molecule has 2 aromatic rings. The van der Waals surface area contributed by atoms with Crippen molar-refractivity contribution in [2.24, 2.45) is 5.92 Å². The van der Waals surface area contributed by atoms with Crippen LogP contribution in [0, 0.1) is 5.92 Å². The van der Waals surface area contributed by atoms with Gasteiger partial charge in [-0.25, -0.2) is 14.6 Å². The normalized spacial score (nSPS) is 14.1. The first-order chi connectivity index (χ1) is 14.3. The average Bonchev–Trinajstić information content (AvgIpc) is 2.76. The molecule has 2 heterocycles. The summed E-state index contributed by atoms with van der Waals surface area (Å²) in [6.07, 6.45) is 0.387. The molecule has 0 aliphatic carbocycles. The van der Waals surface area contributed by atoms with Crippen molar-refractivity contribution in [3.05, 3.63) is 45.9 Å². The number of aromatic nitrogens is 2. The summed E-state index contributed by atoms with van der Waals surface area (Å²) >= 11 is 0. The number of fused-ring (bicyclic) bond motifs is 1. The van der Waals surface area contributed by atoms with E-state index in [0.29, 0.717) is 35.8 Å². The van der Waals surface area contributed by atoms with Gasteiger partial charge in [0.25, 0.3) is 5.56 Å². The van der Waals surface area contributed by atoms with E-state index in [2.05, 4.69) is 15.3 Å². The lowest BCUT2D eigenvalue weighted by molar-refractivity contribution is -0.144. The van der Waals surface area contributed by atoms with Crippen LogP contribution in [0.25, 0.3) is 11.4 Å². The lowest BCUT2D eigenvalue weighted by Gasteiger charge is -2.30. The highest BCUT2D eigenvalue weighted by atomic mass is 16.5. The second-order valence-corrected chi connectivity index (χ2v) is 7.43. The van der Waals surface area contributed by atoms with E-state index < -0.39 is 18.0 Å². The first-order valence-corrected chi connectivity index (χ1v) is 9.73. The predicted molar refractivity (Wildman–Crippen MR) is 110 cm³/mol. The minimum Gasteiger partial charge on any atom is -0.497 e. The number of nitrogens with one attached hydrogen (secondary N) is 2. The van der Waals surface area contributed by atoms with Crippen molar-refractivity contribution in [2.75, 3.05) is 20.8 Å². The van der Waals surface area contributed by atoms with Crippen LogP contribution in [0.3, 0.4) is 0 Å². The van der Waals surface area contributed by atoms with Crippen molar-refractivity contribution in [3.63, 3.8) is 0 Å². The van der Waals surface area contributed by atoms with Crippen molar-refractivity contribution >= 4 is 12.0 Å². The SMILES string of the molecule is COC(=O)C(NC(=O)N1CCc2c(nc(-c3ccc(OC)cc3)[nH]c2=O)C1)C(C)C. The molecule has 3 rings (SSSR count). The fourth-order valence-corrected chi connectivity index (χ4v) is 3.35. The first kappa shape index (κ1) is 21.4. The molecule has 9 nitrogen and oxygen atoms in total. The summed E-state index contributed by atoms with van der Waals surface area (Å²) in [4.78, 5) is 46.2. The number of carbonyl (C=O) groups excluding carboxylic acids is 2. The van der Waals surface area contributed by atoms with Crippen LogP contribution in [-0.4, -0.2) is 53.7 Å². The fourth-order valence-electron chi connectivity index (χ4n) is 3.35. The number of methoxy groups -OCH3 is 2. The summed E-state index contributed by atoms with van der Waals surface area (Å²) < 4.78 is 9.93. The minimum atomic E-state index is -0.745. The van der Waals surface area contributed by atoms with E-state index in [0.717, 1.165) is 5.56 Å². The van der Waals surface area contributed by atoms with Gasteiger partial charge in [0.2, 0.25) is 0 Å². The monoisotopic (exact) mass is 414 g/mol. The van der Waals surface area contributed by atoms with Crippen molar-refractivity contribution in [3.8, 4) is 17.1 Å². The third-order valence-corrected chi connectivity index (χ3v) is 5.12. The molecular formula is C21H26N4O5. The van der Waals surface area contributed by atoms with Gasteiger partial charge in [0.05, 0.1) is 26.5 Å². The molecule has 0 saturated carbocycles. The van der Waals surface area contributed by atoms with Gasteiger partial charge in [0, 0.05) is 17.7 Å². The summed E-state index contributed by atoms with van der Waals surface area (Å²) in [5.41, 5.74) is 1.65. The summed E-state index contributed by atoms with van der Waals surface area (Å²) in [6, 6.07) is 6.05. The van der Waals surface area contributed by atoms with Gasteiger partial charge in [-0.15, -0.1) is 0 Å². The first-order valence-electron chi connectivity index (χ1n) is 9.73. The van der Waals surface area contributed by atoms with Gasteiger partial charge in [-0.05, 0) is 36.6 Å². The highest BCUT2D eigenvalue weighted by molar-refractivity contribution is 5.83. The number of hydrogen-bond acceptors (Lipinski definition) is 6. The van der Waals surface area contributed by atoms with Crippen LogP contribution in [0.2, 0.25) is 0 Å². The van der Waals surface area contributed by atoms with Crippen LogP contribution >= 0.6 is 0 Å². The van der Waals surface area contributed by atoms with Gasteiger partial charge in [-0.3, -0.25) is 4.79 Å². The second kappa shape index (κ2) is 8.98. The van der Waals surface area contributed by atoms with Crippen molar-refractivity contribution in [1.82, 2.24) is 20.2 Å². The molecule has 9 heteroatoms. The van der Waals surface area contributed by atoms with Crippen LogP contribution in [0.1, 0.15) is 25.1 Å². The molecule has 160 valence electrons. The summed E-state index contributed by atoms with van der Waals surface area (Å²) in [5.74, 6) is 0.513. The van der Waals surface area contributed by atoms with Gasteiger partial charge in [-0.1, -0.05) is 13.8 Å². The molecule has 1 aliphatic heterocycles. The van der Waals surface area contributed by atoms with E-state index in [4.69, 9.17) is 9.47 Å². The van der Waals surface area contributed by atoms with Crippen molar-refractivity contribution < 1.29 is 19.1 Å². The lowest BCUT2D eigenvalue weighted by atomic mass is 10.0. The number of aromatic amines is 1. The van der Waals surface area contributed by atoms with E-state index in [-0.39, 0.29) is 18.0 Å². The molecule has 1 atom stereocenters. The Morgan fingerprint density at radius 2 is 1.90 bits per heavy atom. The average molecular weight is 414 g/mol. The second-order valence-electron chi connectivity index (χ2n) is 7.43. The smallest absolute Gasteiger partial charge is 0.328 e. The number of rotatable bonds is 5. The number of carbonyl (C=O) groups is 2. The summed E-state index contributed by atoms with van der Waals surface area (Å²) in [6.45, 7) is 4.20. The number of nitrogens with zero attached hydrogens (tertiary/aromatic N) is 2. The van der Waals surface area contributed by atoms with E-state index in [1.54, 1.807) is 36.3 Å². The molecule has 0 spiro atoms. The molecule has 1 aliphatic rings. The number of urea groups is 1. The van der Waals surface area contributed by atoms with Crippen LogP contribution in [0.4, 0.5) is 4.79 Å². The van der Waals surface area contributed by atoms with Gasteiger partial charge in [0.1, 0.15) is 17.6 Å². The highest BCUT2D eigenvalue weighted by Crippen LogP contribution is 2.21. The van der Waals surface area contributed by atoms with Crippen LogP contribution in [0.5, 0.6) is 5.75 Å². The largest absolute Gasteiger partial charge is 0.497 e. The molecule has 2 N–H and O–H groups in total. The Bertz CT molecular complexity index is 984. The Labute approximate surface area is 174 Å². The Hall–Kier alpha value is -3.36. The lowest BCUT2D eigenvalue weighted by Crippen LogP contribution is -2.52. The third-order valence-electron chi connectivity index (χ3n) is 5.12. The summed E-state index contributed by atoms with van der Waals surface area (Å²) in [5, 5.41) is 2.73. The zero-order valence-corrected chi connectivity index (χ0v) is 17.5. The van der Waals surface area contributed by atoms with E-state index in [1.165, 1.54) is 7.11 Å². The molecule has 1 unspecified atom stereocenters. The molecule has 0 fully saturated rings. The molecule has 0 saturated heterocycles. The molecule has 0 radical (unpaired) electrons. The zero-order chi connectivity index (χ0) is 21.8. The van der Waals surface area contributed by atoms with Gasteiger partial charge in [0.15, 0.2) is 0 Å². The maximum absolute atomic E-state index is 12.7. The molecule has 30 heavy (non-hydrogen) atoms. The fraction of sp³-hybridized carbons (Fsp3) is 0.429. The van der Waals surface area contributed by atoms with Gasteiger partial charge < -0.3 is 24.7 Å². The Morgan fingerprint density at radius 3 is 2.50 bits per heavy atom. The maximum Gasteiger partial charge on any atom is 0.328 e. The standard InChI is InChI=1S/C21H26N4O5/c1-12(2)17(20(27)30-4)23-21(28)25-10-9-15-16(11-25)22-18(24-19(15)26)13-5-7-14(29-3)8-6-13/h5-8,12,17H,9-11H2,1-4H3,(H,23,28)(H,22,24,26). The van der Waals surface area contributed by atoms with Crippen LogP contribution in [0.15, 0.2) is 29.1 Å². The minimum absolute atomic E-state index is 0.124. The van der Waals surface area contributed by atoms with E-state index in [1.807, 2.05) is 13.8 Å². The van der Waals surface area contributed by atoms with E-state index in [9.17, 15) is 14.4 Å². The highest BCUT2D eigenvalue weighted by Gasteiger charge is 2.30. The quantitative estimate of drug-likeness (QED) is 0.720. The number of hydrogen-bond donors (Lipinski definition) is 2.